The quantitative estimate of drug-likeness (QED) is 0.701. The lowest BCUT2D eigenvalue weighted by Crippen LogP contribution is -2.50. The maximum Gasteiger partial charge on any atom is 0.248 e. The monoisotopic (exact) mass is 457 g/mol. The van der Waals surface area contributed by atoms with E-state index in [1.807, 2.05) is 20.8 Å². The fourth-order valence-electron chi connectivity index (χ4n) is 4.52. The lowest BCUT2D eigenvalue weighted by molar-refractivity contribution is -0.138. The number of carbonyl (C=O) groups excluding carboxylic acids is 1. The standard InChI is InChI=1S/C22H33F2N3O3S/c1-15(2)25-18-14-16(3)7-8-20(18)31(29,30)27-13-5-6-19(27)21(28)26(4)17-9-11-22(23,24)12-10-17/h7-8,14-15,17,19,25H,5-6,9-13H2,1-4H3/t19-/m0/s1. The van der Waals surface area contributed by atoms with Gasteiger partial charge >= 0.3 is 0 Å². The number of anilines is 1. The maximum absolute atomic E-state index is 13.6. The second-order valence-electron chi connectivity index (χ2n) is 9.11. The molecule has 1 aromatic rings. The van der Waals surface area contributed by atoms with Gasteiger partial charge in [0.25, 0.3) is 0 Å². The van der Waals surface area contributed by atoms with Crippen molar-refractivity contribution in [2.75, 3.05) is 18.9 Å². The number of rotatable bonds is 6. The van der Waals surface area contributed by atoms with E-state index >= 15 is 0 Å². The SMILES string of the molecule is Cc1ccc(S(=O)(=O)N2CCC[C@H]2C(=O)N(C)C2CCC(F)(F)CC2)c(NC(C)C)c1. The highest BCUT2D eigenvalue weighted by molar-refractivity contribution is 7.89. The van der Waals surface area contributed by atoms with E-state index in [1.54, 1.807) is 25.2 Å². The lowest BCUT2D eigenvalue weighted by atomic mass is 9.91. The first-order valence-corrected chi connectivity index (χ1v) is 12.4. The molecule has 1 atom stereocenters. The van der Waals surface area contributed by atoms with Gasteiger partial charge in [-0.25, -0.2) is 17.2 Å². The van der Waals surface area contributed by atoms with Crippen LogP contribution in [0, 0.1) is 6.92 Å². The molecule has 1 saturated heterocycles. The van der Waals surface area contributed by atoms with E-state index in [4.69, 9.17) is 0 Å². The van der Waals surface area contributed by atoms with E-state index < -0.39 is 22.0 Å². The first-order chi connectivity index (χ1) is 14.4. The molecule has 1 amide bonds. The molecule has 0 spiro atoms. The van der Waals surface area contributed by atoms with E-state index in [0.29, 0.717) is 18.5 Å². The number of carbonyl (C=O) groups is 1. The average Bonchev–Trinajstić information content (AvgIpc) is 3.17. The van der Waals surface area contributed by atoms with Crippen molar-refractivity contribution < 1.29 is 22.0 Å². The van der Waals surface area contributed by atoms with Gasteiger partial charge in [0.05, 0.1) is 5.69 Å². The van der Waals surface area contributed by atoms with Crippen LogP contribution in [0.5, 0.6) is 0 Å². The minimum Gasteiger partial charge on any atom is -0.382 e. The number of alkyl halides is 2. The Morgan fingerprint density at radius 3 is 2.48 bits per heavy atom. The number of amides is 1. The second kappa shape index (κ2) is 9.02. The minimum atomic E-state index is -3.91. The van der Waals surface area contributed by atoms with Crippen molar-refractivity contribution in [3.05, 3.63) is 23.8 Å². The molecule has 1 aromatic carbocycles. The van der Waals surface area contributed by atoms with Gasteiger partial charge in [-0.05, 0) is 64.2 Å². The van der Waals surface area contributed by atoms with Crippen molar-refractivity contribution in [2.45, 2.75) is 88.2 Å². The summed E-state index contributed by atoms with van der Waals surface area (Å²) in [6.07, 6.45) is 1.00. The smallest absolute Gasteiger partial charge is 0.248 e. The summed E-state index contributed by atoms with van der Waals surface area (Å²) in [6.45, 7) is 6.03. The highest BCUT2D eigenvalue weighted by Gasteiger charge is 2.44. The number of nitrogens with zero attached hydrogens (tertiary/aromatic N) is 2. The summed E-state index contributed by atoms with van der Waals surface area (Å²) in [4.78, 5) is 14.9. The van der Waals surface area contributed by atoms with Crippen molar-refractivity contribution in [3.63, 3.8) is 0 Å². The Hall–Kier alpha value is -1.74. The minimum absolute atomic E-state index is 0.0438. The molecule has 0 aromatic heterocycles. The van der Waals surface area contributed by atoms with Gasteiger partial charge in [0.2, 0.25) is 21.9 Å². The second-order valence-corrected chi connectivity index (χ2v) is 11.0. The van der Waals surface area contributed by atoms with Crippen LogP contribution in [0.4, 0.5) is 14.5 Å². The number of hydrogen-bond acceptors (Lipinski definition) is 4. The number of benzene rings is 1. The third-order valence-corrected chi connectivity index (χ3v) is 8.20. The number of sulfonamides is 1. The topological polar surface area (TPSA) is 69.7 Å². The summed E-state index contributed by atoms with van der Waals surface area (Å²) in [7, 11) is -2.30. The van der Waals surface area contributed by atoms with Crippen LogP contribution in [0.25, 0.3) is 0 Å². The van der Waals surface area contributed by atoms with Gasteiger partial charge in [0.15, 0.2) is 0 Å². The van der Waals surface area contributed by atoms with Crippen LogP contribution in [0.15, 0.2) is 23.1 Å². The molecular formula is C22H33F2N3O3S. The molecule has 0 bridgehead atoms. The molecular weight excluding hydrogens is 424 g/mol. The fourth-order valence-corrected chi connectivity index (χ4v) is 6.31. The van der Waals surface area contributed by atoms with Crippen LogP contribution < -0.4 is 5.32 Å². The number of likely N-dealkylation sites (N-methyl/N-ethyl adjacent to an activating group) is 1. The third-order valence-electron chi connectivity index (χ3n) is 6.24. The molecule has 1 saturated carbocycles. The zero-order valence-corrected chi connectivity index (χ0v) is 19.5. The van der Waals surface area contributed by atoms with E-state index in [-0.39, 0.29) is 55.1 Å². The van der Waals surface area contributed by atoms with Crippen molar-refractivity contribution in [2.24, 2.45) is 0 Å². The zero-order valence-electron chi connectivity index (χ0n) is 18.7. The number of nitrogens with one attached hydrogen (secondary N) is 1. The summed E-state index contributed by atoms with van der Waals surface area (Å²) < 4.78 is 55.4. The number of aryl methyl sites for hydroxylation is 1. The van der Waals surface area contributed by atoms with Crippen molar-refractivity contribution in [1.82, 2.24) is 9.21 Å². The molecule has 1 aliphatic carbocycles. The molecule has 9 heteroatoms. The van der Waals surface area contributed by atoms with E-state index in [2.05, 4.69) is 5.32 Å². The maximum atomic E-state index is 13.6. The summed E-state index contributed by atoms with van der Waals surface area (Å²) in [5.41, 5.74) is 1.46. The molecule has 3 rings (SSSR count). The van der Waals surface area contributed by atoms with E-state index in [0.717, 1.165) is 5.56 Å². The zero-order chi connectivity index (χ0) is 23.0. The summed E-state index contributed by atoms with van der Waals surface area (Å²) in [5.74, 6) is -2.98. The first-order valence-electron chi connectivity index (χ1n) is 11.0. The van der Waals surface area contributed by atoms with Gasteiger partial charge in [-0.2, -0.15) is 4.31 Å². The Balaban J connectivity index is 1.83. The van der Waals surface area contributed by atoms with Crippen molar-refractivity contribution in [1.29, 1.82) is 0 Å². The Bertz CT molecular complexity index is 911. The number of halogens is 2. The lowest BCUT2D eigenvalue weighted by Gasteiger charge is -2.37. The van der Waals surface area contributed by atoms with Crippen LogP contribution in [-0.2, 0) is 14.8 Å². The normalized spacial score (nSPS) is 22.6. The first kappa shape index (κ1) is 23.9. The summed E-state index contributed by atoms with van der Waals surface area (Å²) in [6, 6.07) is 4.10. The van der Waals surface area contributed by atoms with Gasteiger partial charge in [0.1, 0.15) is 10.9 Å². The Morgan fingerprint density at radius 1 is 1.23 bits per heavy atom. The predicted molar refractivity (Wildman–Crippen MR) is 117 cm³/mol. The van der Waals surface area contributed by atoms with E-state index in [1.165, 1.54) is 9.21 Å². The van der Waals surface area contributed by atoms with Crippen LogP contribution in [0.3, 0.4) is 0 Å². The van der Waals surface area contributed by atoms with Crippen LogP contribution in [0.1, 0.15) is 57.9 Å². The van der Waals surface area contributed by atoms with Crippen molar-refractivity contribution >= 4 is 21.6 Å². The fraction of sp³-hybridized carbons (Fsp3) is 0.682. The summed E-state index contributed by atoms with van der Waals surface area (Å²) in [5, 5.41) is 3.20. The molecule has 6 nitrogen and oxygen atoms in total. The average molecular weight is 458 g/mol. The van der Waals surface area contributed by atoms with Gasteiger partial charge in [0, 0.05) is 38.5 Å². The predicted octanol–water partition coefficient (Wildman–Crippen LogP) is 4.00. The molecule has 174 valence electrons. The molecule has 1 N–H and O–H groups in total. The Kier molecular flexibility index (Phi) is 6.96. The molecule has 2 aliphatic rings. The molecule has 31 heavy (non-hydrogen) atoms. The Morgan fingerprint density at radius 2 is 1.87 bits per heavy atom. The molecule has 1 aliphatic heterocycles. The highest BCUT2D eigenvalue weighted by atomic mass is 32.2. The highest BCUT2D eigenvalue weighted by Crippen LogP contribution is 2.36. The summed E-state index contributed by atoms with van der Waals surface area (Å²) >= 11 is 0. The van der Waals surface area contributed by atoms with Gasteiger partial charge < -0.3 is 10.2 Å². The molecule has 0 radical (unpaired) electrons. The van der Waals surface area contributed by atoms with Crippen LogP contribution in [-0.4, -0.2) is 61.2 Å². The molecule has 2 fully saturated rings. The van der Waals surface area contributed by atoms with Gasteiger partial charge in [-0.1, -0.05) is 6.07 Å². The van der Waals surface area contributed by atoms with Crippen LogP contribution in [0.2, 0.25) is 0 Å². The molecule has 0 unspecified atom stereocenters. The Labute approximate surface area is 184 Å². The number of hydrogen-bond donors (Lipinski definition) is 1. The largest absolute Gasteiger partial charge is 0.382 e. The van der Waals surface area contributed by atoms with Crippen LogP contribution >= 0.6 is 0 Å². The van der Waals surface area contributed by atoms with Gasteiger partial charge in [-0.3, -0.25) is 4.79 Å². The van der Waals surface area contributed by atoms with Crippen molar-refractivity contribution in [3.8, 4) is 0 Å². The van der Waals surface area contributed by atoms with E-state index in [9.17, 15) is 22.0 Å². The van der Waals surface area contributed by atoms with Gasteiger partial charge in [-0.15, -0.1) is 0 Å². The third kappa shape index (κ3) is 5.19. The molecule has 1 heterocycles.